The van der Waals surface area contributed by atoms with Gasteiger partial charge in [0.25, 0.3) is 0 Å². The summed E-state index contributed by atoms with van der Waals surface area (Å²) in [5.74, 6) is -0.313. The Bertz CT molecular complexity index is 388. The van der Waals surface area contributed by atoms with Crippen LogP contribution in [0.25, 0.3) is 0 Å². The summed E-state index contributed by atoms with van der Waals surface area (Å²) in [6.07, 6.45) is 3.26. The molecule has 3 heteroatoms. The molecule has 0 bridgehead atoms. The monoisotopic (exact) mass is 241 g/mol. The first-order valence-electron chi connectivity index (χ1n) is 5.69. The van der Waals surface area contributed by atoms with Crippen molar-refractivity contribution in [3.8, 4) is 0 Å². The van der Waals surface area contributed by atoms with Crippen LogP contribution in [0.4, 0.5) is 4.39 Å². The molecule has 0 radical (unpaired) electrons. The van der Waals surface area contributed by atoms with Crippen LogP contribution in [0.5, 0.6) is 0 Å². The molecule has 16 heavy (non-hydrogen) atoms. The topological polar surface area (TPSA) is 12.0 Å². The van der Waals surface area contributed by atoms with Gasteiger partial charge in [0.1, 0.15) is 5.82 Å². The third-order valence-corrected chi connectivity index (χ3v) is 4.24. The van der Waals surface area contributed by atoms with E-state index >= 15 is 0 Å². The lowest BCUT2D eigenvalue weighted by molar-refractivity contribution is 0.369. The van der Waals surface area contributed by atoms with Gasteiger partial charge in [0, 0.05) is 6.04 Å². The Balaban J connectivity index is 2.18. The van der Waals surface area contributed by atoms with Gasteiger partial charge in [0.05, 0.1) is 5.02 Å². The van der Waals surface area contributed by atoms with Crippen LogP contribution >= 0.6 is 11.6 Å². The van der Waals surface area contributed by atoms with E-state index in [9.17, 15) is 4.39 Å². The molecule has 0 spiro atoms. The maximum atomic E-state index is 13.3. The third-order valence-electron chi connectivity index (χ3n) is 3.82. The molecule has 1 saturated carbocycles. The number of halogens is 2. The molecule has 0 amide bonds. The number of hydrogen-bond acceptors (Lipinski definition) is 1. The van der Waals surface area contributed by atoms with Gasteiger partial charge < -0.3 is 5.32 Å². The van der Waals surface area contributed by atoms with Crippen LogP contribution in [-0.2, 0) is 6.42 Å². The highest BCUT2D eigenvalue weighted by molar-refractivity contribution is 6.31. The van der Waals surface area contributed by atoms with Crippen molar-refractivity contribution in [3.05, 3.63) is 34.6 Å². The minimum atomic E-state index is -0.313. The molecule has 88 valence electrons. The summed E-state index contributed by atoms with van der Waals surface area (Å²) in [6.45, 7) is 2.18. The zero-order valence-electron chi connectivity index (χ0n) is 9.69. The fourth-order valence-corrected chi connectivity index (χ4v) is 2.49. The van der Waals surface area contributed by atoms with Crippen LogP contribution in [0.2, 0.25) is 5.02 Å². The van der Waals surface area contributed by atoms with Crippen LogP contribution in [0.1, 0.15) is 25.3 Å². The Morgan fingerprint density at radius 3 is 2.75 bits per heavy atom. The average Bonchev–Trinajstić information content (AvgIpc) is 3.05. The Labute approximate surface area is 101 Å². The van der Waals surface area contributed by atoms with Gasteiger partial charge in [-0.15, -0.1) is 0 Å². The van der Waals surface area contributed by atoms with Crippen LogP contribution in [0.3, 0.4) is 0 Å². The summed E-state index contributed by atoms with van der Waals surface area (Å²) in [5.41, 5.74) is 1.22. The highest BCUT2D eigenvalue weighted by Gasteiger charge is 2.46. The molecule has 1 N–H and O–H groups in total. The molecule has 0 heterocycles. The van der Waals surface area contributed by atoms with Crippen molar-refractivity contribution in [2.75, 3.05) is 7.05 Å². The first kappa shape index (κ1) is 11.9. The predicted molar refractivity (Wildman–Crippen MR) is 65.3 cm³/mol. The van der Waals surface area contributed by atoms with E-state index in [0.29, 0.717) is 6.04 Å². The van der Waals surface area contributed by atoms with E-state index in [2.05, 4.69) is 12.2 Å². The van der Waals surface area contributed by atoms with Gasteiger partial charge in [-0.05, 0) is 50.3 Å². The Morgan fingerprint density at radius 1 is 1.50 bits per heavy atom. The number of benzene rings is 1. The minimum Gasteiger partial charge on any atom is -0.317 e. The molecule has 1 unspecified atom stereocenters. The smallest absolute Gasteiger partial charge is 0.142 e. The molecule has 0 saturated heterocycles. The highest BCUT2D eigenvalue weighted by atomic mass is 35.5. The van der Waals surface area contributed by atoms with Crippen molar-refractivity contribution in [2.45, 2.75) is 32.2 Å². The summed E-state index contributed by atoms with van der Waals surface area (Å²) >= 11 is 5.98. The molecule has 1 aromatic carbocycles. The first-order chi connectivity index (χ1) is 7.59. The van der Waals surface area contributed by atoms with Crippen LogP contribution in [-0.4, -0.2) is 13.1 Å². The van der Waals surface area contributed by atoms with Gasteiger partial charge in [-0.1, -0.05) is 23.7 Å². The SMILES string of the molecule is CNC(C)C1(Cc2cccc(F)c2Cl)CC1. The molecular formula is C13H17ClFN. The summed E-state index contributed by atoms with van der Waals surface area (Å²) in [5, 5.41) is 3.57. The fourth-order valence-electron chi connectivity index (χ4n) is 2.29. The summed E-state index contributed by atoms with van der Waals surface area (Å²) < 4.78 is 13.3. The van der Waals surface area contributed by atoms with E-state index in [1.807, 2.05) is 13.1 Å². The molecule has 1 fully saturated rings. The van der Waals surface area contributed by atoms with Gasteiger partial charge in [-0.3, -0.25) is 0 Å². The fraction of sp³-hybridized carbons (Fsp3) is 0.538. The van der Waals surface area contributed by atoms with Crippen LogP contribution in [0.15, 0.2) is 18.2 Å². The van der Waals surface area contributed by atoms with Gasteiger partial charge in [-0.25, -0.2) is 4.39 Å². The Hall–Kier alpha value is -0.600. The zero-order chi connectivity index (χ0) is 11.8. The lowest BCUT2D eigenvalue weighted by atomic mass is 9.90. The van der Waals surface area contributed by atoms with Gasteiger partial charge >= 0.3 is 0 Å². The molecule has 1 aromatic rings. The second kappa shape index (κ2) is 4.34. The molecular weight excluding hydrogens is 225 g/mol. The molecule has 1 nitrogen and oxygen atoms in total. The largest absolute Gasteiger partial charge is 0.317 e. The van der Waals surface area contributed by atoms with E-state index < -0.39 is 0 Å². The second-order valence-electron chi connectivity index (χ2n) is 4.76. The quantitative estimate of drug-likeness (QED) is 0.852. The highest BCUT2D eigenvalue weighted by Crippen LogP contribution is 2.51. The molecule has 1 aliphatic rings. The van der Waals surface area contributed by atoms with Crippen molar-refractivity contribution < 1.29 is 4.39 Å². The Morgan fingerprint density at radius 2 is 2.19 bits per heavy atom. The first-order valence-corrected chi connectivity index (χ1v) is 6.07. The second-order valence-corrected chi connectivity index (χ2v) is 5.14. The van der Waals surface area contributed by atoms with Crippen LogP contribution < -0.4 is 5.32 Å². The zero-order valence-corrected chi connectivity index (χ0v) is 10.4. The van der Waals surface area contributed by atoms with Crippen LogP contribution in [0, 0.1) is 11.2 Å². The van der Waals surface area contributed by atoms with Crippen molar-refractivity contribution in [2.24, 2.45) is 5.41 Å². The summed E-state index contributed by atoms with van der Waals surface area (Å²) in [4.78, 5) is 0. The van der Waals surface area contributed by atoms with E-state index in [4.69, 9.17) is 11.6 Å². The van der Waals surface area contributed by atoms with Gasteiger partial charge in [0.15, 0.2) is 0 Å². The molecule has 0 aliphatic heterocycles. The van der Waals surface area contributed by atoms with Gasteiger partial charge in [0.2, 0.25) is 0 Å². The average molecular weight is 242 g/mol. The molecule has 1 atom stereocenters. The van der Waals surface area contributed by atoms with Gasteiger partial charge in [-0.2, -0.15) is 0 Å². The normalized spacial score (nSPS) is 19.5. The standard InChI is InChI=1S/C13H17ClFN/c1-9(16-2)13(6-7-13)8-10-4-3-5-11(15)12(10)14/h3-5,9,16H,6-8H2,1-2H3. The van der Waals surface area contributed by atoms with Crippen molar-refractivity contribution in [1.82, 2.24) is 5.32 Å². The van der Waals surface area contributed by atoms with E-state index in [1.54, 1.807) is 6.07 Å². The molecule has 1 aliphatic carbocycles. The number of rotatable bonds is 4. The Kier molecular flexibility index (Phi) is 3.22. The van der Waals surface area contributed by atoms with E-state index in [0.717, 1.165) is 12.0 Å². The minimum absolute atomic E-state index is 0.284. The number of nitrogens with one attached hydrogen (secondary N) is 1. The summed E-state index contributed by atoms with van der Waals surface area (Å²) in [6, 6.07) is 5.52. The predicted octanol–water partition coefficient (Wildman–Crippen LogP) is 3.41. The molecule has 2 rings (SSSR count). The van der Waals surface area contributed by atoms with E-state index in [1.165, 1.54) is 18.9 Å². The number of hydrogen-bond donors (Lipinski definition) is 1. The van der Waals surface area contributed by atoms with Crippen molar-refractivity contribution in [1.29, 1.82) is 0 Å². The third kappa shape index (κ3) is 2.09. The lowest BCUT2D eigenvalue weighted by Gasteiger charge is -2.23. The summed E-state index contributed by atoms with van der Waals surface area (Å²) in [7, 11) is 1.97. The maximum absolute atomic E-state index is 13.3. The van der Waals surface area contributed by atoms with Crippen molar-refractivity contribution >= 4 is 11.6 Å². The molecule has 0 aromatic heterocycles. The maximum Gasteiger partial charge on any atom is 0.142 e. The lowest BCUT2D eigenvalue weighted by Crippen LogP contribution is -2.33. The van der Waals surface area contributed by atoms with Crippen molar-refractivity contribution in [3.63, 3.8) is 0 Å². The van der Waals surface area contributed by atoms with E-state index in [-0.39, 0.29) is 16.3 Å².